The molecule has 1 amide bonds. The molecule has 3 heterocycles. The van der Waals surface area contributed by atoms with E-state index in [1.165, 1.54) is 22.2 Å². The molecule has 0 unspecified atom stereocenters. The van der Waals surface area contributed by atoms with Crippen LogP contribution in [0.4, 0.5) is 0 Å². The van der Waals surface area contributed by atoms with Crippen molar-refractivity contribution >= 4 is 37.3 Å². The lowest BCUT2D eigenvalue weighted by Crippen LogP contribution is -2.49. The third kappa shape index (κ3) is 3.50. The van der Waals surface area contributed by atoms with Gasteiger partial charge in [-0.2, -0.15) is 0 Å². The minimum absolute atomic E-state index is 0.0320. The molecule has 1 atom stereocenters. The van der Waals surface area contributed by atoms with Crippen molar-refractivity contribution in [2.75, 3.05) is 11.5 Å². The van der Waals surface area contributed by atoms with Crippen LogP contribution in [0.1, 0.15) is 42.5 Å². The molecule has 0 bridgehead atoms. The van der Waals surface area contributed by atoms with Gasteiger partial charge >= 0.3 is 0 Å². The first-order valence-corrected chi connectivity index (χ1v) is 12.4. The van der Waals surface area contributed by atoms with E-state index in [0.29, 0.717) is 16.6 Å². The Morgan fingerprint density at radius 3 is 2.61 bits per heavy atom. The number of thiophene rings is 1. The van der Waals surface area contributed by atoms with Crippen molar-refractivity contribution in [1.82, 2.24) is 14.5 Å². The number of amides is 1. The van der Waals surface area contributed by atoms with E-state index in [1.54, 1.807) is 4.90 Å². The smallest absolute Gasteiger partial charge is 0.262 e. The minimum Gasteiger partial charge on any atom is -0.334 e. The zero-order chi connectivity index (χ0) is 20.1. The van der Waals surface area contributed by atoms with E-state index in [2.05, 4.69) is 4.98 Å². The molecule has 2 fully saturated rings. The zero-order valence-corrected chi connectivity index (χ0v) is 17.8. The largest absolute Gasteiger partial charge is 0.334 e. The molecule has 2 aliphatic rings. The lowest BCUT2D eigenvalue weighted by atomic mass is 10.1. The summed E-state index contributed by atoms with van der Waals surface area (Å²) in [6.45, 7) is 3.76. The van der Waals surface area contributed by atoms with Crippen LogP contribution in [-0.4, -0.2) is 52.4 Å². The number of fused-ring (bicyclic) bond motifs is 1. The van der Waals surface area contributed by atoms with Gasteiger partial charge in [0.2, 0.25) is 5.91 Å². The van der Waals surface area contributed by atoms with Gasteiger partial charge in [0.1, 0.15) is 11.4 Å². The van der Waals surface area contributed by atoms with Gasteiger partial charge < -0.3 is 4.90 Å². The second-order valence-corrected chi connectivity index (χ2v) is 11.4. The minimum atomic E-state index is -3.09. The maximum atomic E-state index is 13.2. The van der Waals surface area contributed by atoms with Crippen LogP contribution in [0, 0.1) is 13.8 Å². The fraction of sp³-hybridized carbons (Fsp3) is 0.632. The van der Waals surface area contributed by atoms with Gasteiger partial charge in [0.15, 0.2) is 9.84 Å². The summed E-state index contributed by atoms with van der Waals surface area (Å²) >= 11 is 1.48. The second-order valence-electron chi connectivity index (χ2n) is 7.94. The number of nitrogens with zero attached hydrogens (tertiary/aromatic N) is 3. The fourth-order valence-electron chi connectivity index (χ4n) is 4.49. The maximum Gasteiger partial charge on any atom is 0.262 e. The van der Waals surface area contributed by atoms with Crippen molar-refractivity contribution in [3.63, 3.8) is 0 Å². The summed E-state index contributed by atoms with van der Waals surface area (Å²) < 4.78 is 25.3. The summed E-state index contributed by atoms with van der Waals surface area (Å²) in [6.07, 6.45) is 5.83. The number of sulfone groups is 1. The molecule has 4 rings (SSSR count). The van der Waals surface area contributed by atoms with Crippen LogP contribution >= 0.6 is 11.3 Å². The molecule has 2 aromatic rings. The summed E-state index contributed by atoms with van der Waals surface area (Å²) in [4.78, 5) is 34.0. The third-order valence-electron chi connectivity index (χ3n) is 6.07. The van der Waals surface area contributed by atoms with E-state index in [1.807, 2.05) is 13.8 Å². The first-order valence-electron chi connectivity index (χ1n) is 9.73. The van der Waals surface area contributed by atoms with Gasteiger partial charge in [-0.25, -0.2) is 13.4 Å². The van der Waals surface area contributed by atoms with Crippen molar-refractivity contribution in [3.8, 4) is 0 Å². The Morgan fingerprint density at radius 2 is 1.96 bits per heavy atom. The van der Waals surface area contributed by atoms with Gasteiger partial charge in [-0.15, -0.1) is 11.3 Å². The van der Waals surface area contributed by atoms with Crippen LogP contribution < -0.4 is 5.56 Å². The molecule has 0 aromatic carbocycles. The Kier molecular flexibility index (Phi) is 5.07. The molecular formula is C19H25N3O4S2. The molecule has 1 saturated carbocycles. The Morgan fingerprint density at radius 1 is 1.25 bits per heavy atom. The van der Waals surface area contributed by atoms with E-state index in [-0.39, 0.29) is 41.6 Å². The molecule has 0 N–H and O–H groups in total. The van der Waals surface area contributed by atoms with Gasteiger partial charge in [0.05, 0.1) is 23.2 Å². The Bertz CT molecular complexity index is 1080. The van der Waals surface area contributed by atoms with Crippen molar-refractivity contribution in [1.29, 1.82) is 0 Å². The second kappa shape index (κ2) is 7.26. The highest BCUT2D eigenvalue weighted by molar-refractivity contribution is 7.91. The van der Waals surface area contributed by atoms with Crippen LogP contribution in [0.15, 0.2) is 11.1 Å². The molecule has 0 spiro atoms. The van der Waals surface area contributed by atoms with Crippen LogP contribution in [0.2, 0.25) is 0 Å². The highest BCUT2D eigenvalue weighted by atomic mass is 32.2. The van der Waals surface area contributed by atoms with Gasteiger partial charge in [-0.3, -0.25) is 14.2 Å². The maximum absolute atomic E-state index is 13.2. The van der Waals surface area contributed by atoms with Gasteiger partial charge in [-0.1, -0.05) is 12.8 Å². The normalized spacial score (nSPS) is 22.1. The van der Waals surface area contributed by atoms with E-state index < -0.39 is 9.84 Å². The first-order chi connectivity index (χ1) is 13.3. The first kappa shape index (κ1) is 19.6. The molecule has 1 aliphatic carbocycles. The quantitative estimate of drug-likeness (QED) is 0.751. The zero-order valence-electron chi connectivity index (χ0n) is 16.2. The molecule has 2 aromatic heterocycles. The Hall–Kier alpha value is -1.74. The molecular weight excluding hydrogens is 398 g/mol. The number of rotatable bonds is 4. The molecule has 152 valence electrons. The Labute approximate surface area is 168 Å². The molecule has 0 radical (unpaired) electrons. The van der Waals surface area contributed by atoms with Crippen LogP contribution in [0.5, 0.6) is 0 Å². The molecule has 28 heavy (non-hydrogen) atoms. The van der Waals surface area contributed by atoms with Crippen molar-refractivity contribution in [3.05, 3.63) is 27.1 Å². The summed E-state index contributed by atoms with van der Waals surface area (Å²) in [5, 5.41) is 0.577. The van der Waals surface area contributed by atoms with E-state index in [0.717, 1.165) is 36.1 Å². The summed E-state index contributed by atoms with van der Waals surface area (Å²) in [5.74, 6) is -0.0129. The SMILES string of the molecule is Cc1sc2ncn(CC(=O)N(C3CCCC3)[C@H]3CCS(=O)(=O)C3)c(=O)c2c1C. The molecule has 1 aliphatic heterocycles. The van der Waals surface area contributed by atoms with Crippen molar-refractivity contribution in [2.24, 2.45) is 0 Å². The number of hydrogen-bond donors (Lipinski definition) is 0. The highest BCUT2D eigenvalue weighted by Gasteiger charge is 2.39. The van der Waals surface area contributed by atoms with E-state index in [9.17, 15) is 18.0 Å². The van der Waals surface area contributed by atoms with Gasteiger partial charge in [0.25, 0.3) is 5.56 Å². The molecule has 7 nitrogen and oxygen atoms in total. The highest BCUT2D eigenvalue weighted by Crippen LogP contribution is 2.30. The predicted molar refractivity (Wildman–Crippen MR) is 110 cm³/mol. The van der Waals surface area contributed by atoms with Crippen molar-refractivity contribution in [2.45, 2.75) is 64.6 Å². The topological polar surface area (TPSA) is 89.3 Å². The van der Waals surface area contributed by atoms with Crippen LogP contribution in [0.3, 0.4) is 0 Å². The molecule has 9 heteroatoms. The van der Waals surface area contributed by atoms with Gasteiger partial charge in [-0.05, 0) is 38.7 Å². The van der Waals surface area contributed by atoms with E-state index >= 15 is 0 Å². The Balaban J connectivity index is 1.64. The average Bonchev–Trinajstić information content (AvgIpc) is 3.33. The lowest BCUT2D eigenvalue weighted by Gasteiger charge is -2.34. The number of aromatic nitrogens is 2. The fourth-order valence-corrected chi connectivity index (χ4v) is 7.19. The summed E-state index contributed by atoms with van der Waals surface area (Å²) in [5.41, 5.74) is 0.708. The number of carbonyl (C=O) groups excluding carboxylic acids is 1. The standard InChI is InChI=1S/C19H25N3O4S2/c1-12-13(2)27-18-17(12)19(24)21(11-20-18)9-16(23)22(14-5-3-4-6-14)15-7-8-28(25,26)10-15/h11,14-15H,3-10H2,1-2H3/t15-/m0/s1. The summed E-state index contributed by atoms with van der Waals surface area (Å²) in [7, 11) is -3.09. The third-order valence-corrected chi connectivity index (χ3v) is 8.93. The summed E-state index contributed by atoms with van der Waals surface area (Å²) in [6, 6.07) is -0.207. The molecule has 1 saturated heterocycles. The average molecular weight is 424 g/mol. The monoisotopic (exact) mass is 423 g/mol. The van der Waals surface area contributed by atoms with Crippen molar-refractivity contribution < 1.29 is 13.2 Å². The lowest BCUT2D eigenvalue weighted by molar-refractivity contribution is -0.136. The number of aryl methyl sites for hydroxylation is 2. The van der Waals surface area contributed by atoms with Gasteiger partial charge in [0, 0.05) is 17.0 Å². The van der Waals surface area contributed by atoms with Crippen LogP contribution in [-0.2, 0) is 21.2 Å². The number of hydrogen-bond acceptors (Lipinski definition) is 6. The number of carbonyl (C=O) groups is 1. The van der Waals surface area contributed by atoms with Crippen LogP contribution in [0.25, 0.3) is 10.2 Å². The van der Waals surface area contributed by atoms with E-state index in [4.69, 9.17) is 0 Å². The predicted octanol–water partition coefficient (Wildman–Crippen LogP) is 2.03.